The normalized spacial score (nSPS) is 14.3. The number of amides is 1. The summed E-state index contributed by atoms with van der Waals surface area (Å²) in [4.78, 5) is 19.9. The van der Waals surface area contributed by atoms with Crippen molar-refractivity contribution in [1.82, 2.24) is 20.1 Å². The van der Waals surface area contributed by atoms with Gasteiger partial charge in [-0.2, -0.15) is 5.10 Å². The number of hydrogen-bond donors (Lipinski definition) is 1. The summed E-state index contributed by atoms with van der Waals surface area (Å²) in [6.07, 6.45) is 5.21. The van der Waals surface area contributed by atoms with Crippen molar-refractivity contribution in [1.29, 1.82) is 0 Å². The van der Waals surface area contributed by atoms with E-state index in [1.165, 1.54) is 0 Å². The molecule has 6 rings (SSSR count). The Kier molecular flexibility index (Phi) is 5.95. The van der Waals surface area contributed by atoms with Crippen LogP contribution in [-0.4, -0.2) is 39.8 Å². The Morgan fingerprint density at radius 3 is 2.42 bits per heavy atom. The summed E-state index contributed by atoms with van der Waals surface area (Å²) in [6, 6.07) is 26.2. The Morgan fingerprint density at radius 2 is 1.67 bits per heavy atom. The molecule has 0 radical (unpaired) electrons. The van der Waals surface area contributed by atoms with Crippen molar-refractivity contribution < 1.29 is 9.21 Å². The van der Waals surface area contributed by atoms with Crippen LogP contribution in [-0.2, 0) is 11.3 Å². The quantitative estimate of drug-likeness (QED) is 0.366. The van der Waals surface area contributed by atoms with Gasteiger partial charge in [-0.1, -0.05) is 60.7 Å². The Labute approximate surface area is 209 Å². The number of furan rings is 1. The predicted molar refractivity (Wildman–Crippen MR) is 140 cm³/mol. The summed E-state index contributed by atoms with van der Waals surface area (Å²) in [7, 11) is 0. The van der Waals surface area contributed by atoms with Gasteiger partial charge in [-0.25, -0.2) is 4.98 Å². The van der Waals surface area contributed by atoms with E-state index in [-0.39, 0.29) is 18.5 Å². The van der Waals surface area contributed by atoms with E-state index in [1.54, 1.807) is 12.5 Å². The number of carbonyl (C=O) groups excluding carboxylic acids is 1. The van der Waals surface area contributed by atoms with E-state index in [0.717, 1.165) is 65.2 Å². The number of aromatic nitrogens is 3. The highest BCUT2D eigenvalue weighted by atomic mass is 16.3. The molecule has 2 aromatic carbocycles. The Bertz CT molecular complexity index is 1470. The van der Waals surface area contributed by atoms with Crippen molar-refractivity contribution in [2.45, 2.75) is 25.4 Å². The summed E-state index contributed by atoms with van der Waals surface area (Å²) in [6.45, 7) is 1.84. The second-order valence-corrected chi connectivity index (χ2v) is 9.10. The lowest BCUT2D eigenvalue weighted by Crippen LogP contribution is -2.45. The Balaban J connectivity index is 1.14. The first-order valence-corrected chi connectivity index (χ1v) is 12.3. The van der Waals surface area contributed by atoms with Gasteiger partial charge in [0.15, 0.2) is 0 Å². The van der Waals surface area contributed by atoms with Crippen LogP contribution in [0.5, 0.6) is 0 Å². The summed E-state index contributed by atoms with van der Waals surface area (Å²) in [5.41, 5.74) is 4.70. The zero-order valence-corrected chi connectivity index (χ0v) is 19.9. The third-order valence-corrected chi connectivity index (χ3v) is 6.73. The number of hydrogen-bond acceptors (Lipinski definition) is 5. The van der Waals surface area contributed by atoms with E-state index < -0.39 is 0 Å². The first-order chi connectivity index (χ1) is 17.7. The predicted octanol–water partition coefficient (Wildman–Crippen LogP) is 5.14. The summed E-state index contributed by atoms with van der Waals surface area (Å²) in [5, 5.41) is 9.06. The van der Waals surface area contributed by atoms with Crippen LogP contribution in [0.15, 0.2) is 95.7 Å². The first kappa shape index (κ1) is 22.1. The number of nitrogens with one attached hydrogen (secondary N) is 1. The number of benzene rings is 2. The maximum absolute atomic E-state index is 13.1. The van der Waals surface area contributed by atoms with Gasteiger partial charge in [0.1, 0.15) is 17.9 Å². The van der Waals surface area contributed by atoms with Crippen molar-refractivity contribution in [3.63, 3.8) is 0 Å². The first-order valence-electron chi connectivity index (χ1n) is 12.3. The van der Waals surface area contributed by atoms with Crippen LogP contribution < -0.4 is 10.2 Å². The standard InChI is InChI=1S/C29H27N5O2/c35-28(31-23-12-16-33(17-13-23)29-24-14-18-36-27(24)11-15-30-29)20-34-26(22-9-5-2-6-10-22)19-25(32-34)21-7-3-1-4-8-21/h1-11,14-15,18-19,23H,12-13,16-17,20H2,(H,31,35). The highest BCUT2D eigenvalue weighted by molar-refractivity contribution is 5.88. The molecule has 1 aliphatic heterocycles. The molecule has 7 nitrogen and oxygen atoms in total. The molecule has 1 aliphatic rings. The maximum Gasteiger partial charge on any atom is 0.241 e. The zero-order valence-electron chi connectivity index (χ0n) is 19.9. The van der Waals surface area contributed by atoms with E-state index in [1.807, 2.05) is 77.5 Å². The van der Waals surface area contributed by atoms with Crippen molar-refractivity contribution in [3.05, 3.63) is 91.3 Å². The molecule has 7 heteroatoms. The number of pyridine rings is 1. The number of nitrogens with zero attached hydrogens (tertiary/aromatic N) is 4. The molecule has 1 fully saturated rings. The molecule has 5 aromatic rings. The zero-order chi connectivity index (χ0) is 24.3. The summed E-state index contributed by atoms with van der Waals surface area (Å²) in [5.74, 6) is 0.923. The minimum Gasteiger partial charge on any atom is -0.464 e. The topological polar surface area (TPSA) is 76.2 Å². The Hall–Kier alpha value is -4.39. The van der Waals surface area contributed by atoms with Gasteiger partial charge in [-0.05, 0) is 36.6 Å². The SMILES string of the molecule is O=C(Cn1nc(-c2ccccc2)cc1-c1ccccc1)NC1CCN(c2nccc3occc23)CC1. The van der Waals surface area contributed by atoms with E-state index in [2.05, 4.69) is 21.3 Å². The molecular formula is C29H27N5O2. The van der Waals surface area contributed by atoms with Crippen molar-refractivity contribution in [3.8, 4) is 22.5 Å². The molecule has 180 valence electrons. The van der Waals surface area contributed by atoms with Gasteiger partial charge in [0, 0.05) is 30.9 Å². The molecule has 36 heavy (non-hydrogen) atoms. The number of rotatable bonds is 6. The molecule has 1 N–H and O–H groups in total. The van der Waals surface area contributed by atoms with Crippen LogP contribution in [0.1, 0.15) is 12.8 Å². The average molecular weight is 478 g/mol. The van der Waals surface area contributed by atoms with Gasteiger partial charge in [-0.3, -0.25) is 9.48 Å². The molecule has 3 aromatic heterocycles. The van der Waals surface area contributed by atoms with Crippen LogP contribution in [0, 0.1) is 0 Å². The van der Waals surface area contributed by atoms with Gasteiger partial charge in [-0.15, -0.1) is 0 Å². The summed E-state index contributed by atoms with van der Waals surface area (Å²) < 4.78 is 7.33. The van der Waals surface area contributed by atoms with E-state index >= 15 is 0 Å². The van der Waals surface area contributed by atoms with Crippen molar-refractivity contribution in [2.24, 2.45) is 0 Å². The second-order valence-electron chi connectivity index (χ2n) is 9.10. The van der Waals surface area contributed by atoms with Crippen molar-refractivity contribution in [2.75, 3.05) is 18.0 Å². The lowest BCUT2D eigenvalue weighted by atomic mass is 10.0. The molecule has 0 unspecified atom stereocenters. The molecule has 0 bridgehead atoms. The smallest absolute Gasteiger partial charge is 0.241 e. The fourth-order valence-corrected chi connectivity index (χ4v) is 4.91. The third kappa shape index (κ3) is 4.47. The lowest BCUT2D eigenvalue weighted by Gasteiger charge is -2.33. The van der Waals surface area contributed by atoms with E-state index in [9.17, 15) is 4.79 Å². The number of anilines is 1. The van der Waals surface area contributed by atoms with Crippen LogP contribution in [0.25, 0.3) is 33.5 Å². The molecule has 1 saturated heterocycles. The van der Waals surface area contributed by atoms with Crippen LogP contribution >= 0.6 is 0 Å². The highest BCUT2D eigenvalue weighted by Crippen LogP contribution is 2.28. The van der Waals surface area contributed by atoms with Crippen molar-refractivity contribution >= 4 is 22.7 Å². The fraction of sp³-hybridized carbons (Fsp3) is 0.207. The molecule has 0 atom stereocenters. The Morgan fingerprint density at radius 1 is 0.944 bits per heavy atom. The average Bonchev–Trinajstić information content (AvgIpc) is 3.57. The largest absolute Gasteiger partial charge is 0.464 e. The summed E-state index contributed by atoms with van der Waals surface area (Å²) >= 11 is 0. The number of fused-ring (bicyclic) bond motifs is 1. The lowest BCUT2D eigenvalue weighted by molar-refractivity contribution is -0.122. The monoisotopic (exact) mass is 477 g/mol. The third-order valence-electron chi connectivity index (χ3n) is 6.73. The van der Waals surface area contributed by atoms with Gasteiger partial charge < -0.3 is 14.6 Å². The molecule has 0 saturated carbocycles. The molecular weight excluding hydrogens is 450 g/mol. The highest BCUT2D eigenvalue weighted by Gasteiger charge is 2.24. The minimum absolute atomic E-state index is 0.0246. The van der Waals surface area contributed by atoms with E-state index in [0.29, 0.717) is 0 Å². The maximum atomic E-state index is 13.1. The van der Waals surface area contributed by atoms with E-state index in [4.69, 9.17) is 9.52 Å². The number of piperidine rings is 1. The van der Waals surface area contributed by atoms with Gasteiger partial charge in [0.05, 0.1) is 23.0 Å². The second kappa shape index (κ2) is 9.70. The molecule has 4 heterocycles. The fourth-order valence-electron chi connectivity index (χ4n) is 4.91. The number of carbonyl (C=O) groups is 1. The molecule has 0 spiro atoms. The van der Waals surface area contributed by atoms with Crippen LogP contribution in [0.4, 0.5) is 5.82 Å². The van der Waals surface area contributed by atoms with Gasteiger partial charge >= 0.3 is 0 Å². The molecule has 0 aliphatic carbocycles. The molecule has 1 amide bonds. The van der Waals surface area contributed by atoms with Gasteiger partial charge in [0.25, 0.3) is 0 Å². The van der Waals surface area contributed by atoms with Crippen LogP contribution in [0.2, 0.25) is 0 Å². The van der Waals surface area contributed by atoms with Crippen LogP contribution in [0.3, 0.4) is 0 Å². The van der Waals surface area contributed by atoms with Gasteiger partial charge in [0.2, 0.25) is 5.91 Å². The minimum atomic E-state index is -0.0246.